The van der Waals surface area contributed by atoms with Gasteiger partial charge >= 0.3 is 0 Å². The molecular formula is C14H24N4O. The Morgan fingerprint density at radius 2 is 2.32 bits per heavy atom. The SMILES string of the molecule is Cc1cc(C(=O)N(CC2CCCCN2)C(C)C)n[nH]1. The van der Waals surface area contributed by atoms with Gasteiger partial charge in [0.1, 0.15) is 5.69 Å². The summed E-state index contributed by atoms with van der Waals surface area (Å²) >= 11 is 0. The first-order valence-electron chi connectivity index (χ1n) is 7.14. The monoisotopic (exact) mass is 264 g/mol. The summed E-state index contributed by atoms with van der Waals surface area (Å²) in [6.45, 7) is 7.85. The molecule has 1 aromatic heterocycles. The highest BCUT2D eigenvalue weighted by Gasteiger charge is 2.24. The number of aromatic amines is 1. The Labute approximate surface area is 114 Å². The lowest BCUT2D eigenvalue weighted by molar-refractivity contribution is 0.0670. The van der Waals surface area contributed by atoms with E-state index in [1.54, 1.807) is 0 Å². The number of nitrogens with one attached hydrogen (secondary N) is 2. The molecule has 1 amide bonds. The average molecular weight is 264 g/mol. The number of carbonyl (C=O) groups excluding carboxylic acids is 1. The highest BCUT2D eigenvalue weighted by molar-refractivity contribution is 5.92. The largest absolute Gasteiger partial charge is 0.333 e. The second-order valence-electron chi connectivity index (χ2n) is 5.63. The summed E-state index contributed by atoms with van der Waals surface area (Å²) in [7, 11) is 0. The van der Waals surface area contributed by atoms with Gasteiger partial charge in [-0.25, -0.2) is 0 Å². The number of nitrogens with zero attached hydrogens (tertiary/aromatic N) is 2. The summed E-state index contributed by atoms with van der Waals surface area (Å²) in [4.78, 5) is 14.4. The Kier molecular flexibility index (Phi) is 4.58. The van der Waals surface area contributed by atoms with Crippen LogP contribution in [0, 0.1) is 6.92 Å². The number of hydrogen-bond acceptors (Lipinski definition) is 3. The Morgan fingerprint density at radius 3 is 2.84 bits per heavy atom. The molecular weight excluding hydrogens is 240 g/mol. The van der Waals surface area contributed by atoms with Crippen molar-refractivity contribution >= 4 is 5.91 Å². The summed E-state index contributed by atoms with van der Waals surface area (Å²) in [6.07, 6.45) is 3.64. The molecule has 0 aromatic carbocycles. The van der Waals surface area contributed by atoms with Gasteiger partial charge in [0.15, 0.2) is 0 Å². The van der Waals surface area contributed by atoms with E-state index in [1.165, 1.54) is 12.8 Å². The average Bonchev–Trinajstić information content (AvgIpc) is 2.83. The lowest BCUT2D eigenvalue weighted by atomic mass is 10.0. The second-order valence-corrected chi connectivity index (χ2v) is 5.63. The molecule has 19 heavy (non-hydrogen) atoms. The fourth-order valence-electron chi connectivity index (χ4n) is 2.52. The standard InChI is InChI=1S/C14H24N4O/c1-10(2)18(9-12-6-4-5-7-15-12)14(19)13-8-11(3)16-17-13/h8,10,12,15H,4-7,9H2,1-3H3,(H,16,17). The summed E-state index contributed by atoms with van der Waals surface area (Å²) in [5.41, 5.74) is 1.44. The Balaban J connectivity index is 2.04. The van der Waals surface area contributed by atoms with Gasteiger partial charge in [-0.1, -0.05) is 6.42 Å². The van der Waals surface area contributed by atoms with Gasteiger partial charge in [0.2, 0.25) is 0 Å². The molecule has 0 saturated carbocycles. The van der Waals surface area contributed by atoms with Gasteiger partial charge < -0.3 is 10.2 Å². The fourth-order valence-corrected chi connectivity index (χ4v) is 2.52. The number of piperidine rings is 1. The Bertz CT molecular complexity index is 421. The van der Waals surface area contributed by atoms with Crippen molar-refractivity contribution in [3.63, 3.8) is 0 Å². The van der Waals surface area contributed by atoms with Crippen LogP contribution >= 0.6 is 0 Å². The third-order valence-corrected chi connectivity index (χ3v) is 3.64. The first-order valence-corrected chi connectivity index (χ1v) is 7.14. The van der Waals surface area contributed by atoms with Crippen molar-refractivity contribution in [1.29, 1.82) is 0 Å². The van der Waals surface area contributed by atoms with Crippen LogP contribution in [0.2, 0.25) is 0 Å². The van der Waals surface area contributed by atoms with E-state index < -0.39 is 0 Å². The lowest BCUT2D eigenvalue weighted by Crippen LogP contribution is -2.48. The maximum atomic E-state index is 12.5. The molecule has 2 heterocycles. The number of aromatic nitrogens is 2. The summed E-state index contributed by atoms with van der Waals surface area (Å²) in [6, 6.07) is 2.42. The van der Waals surface area contributed by atoms with Crippen LogP contribution in [0.15, 0.2) is 6.07 Å². The van der Waals surface area contributed by atoms with Crippen LogP contribution in [0.4, 0.5) is 0 Å². The first kappa shape index (κ1) is 14.1. The van der Waals surface area contributed by atoms with Gasteiger partial charge in [-0.3, -0.25) is 9.89 Å². The molecule has 1 fully saturated rings. The van der Waals surface area contributed by atoms with Crippen molar-refractivity contribution < 1.29 is 4.79 Å². The zero-order valence-electron chi connectivity index (χ0n) is 12.1. The van der Waals surface area contributed by atoms with Crippen LogP contribution in [-0.2, 0) is 0 Å². The number of hydrogen-bond donors (Lipinski definition) is 2. The van der Waals surface area contributed by atoms with Crippen LogP contribution in [0.1, 0.15) is 49.3 Å². The van der Waals surface area contributed by atoms with Crippen LogP contribution in [0.25, 0.3) is 0 Å². The number of rotatable bonds is 4. The van der Waals surface area contributed by atoms with E-state index in [1.807, 2.05) is 17.9 Å². The number of carbonyl (C=O) groups is 1. The molecule has 1 aromatic rings. The van der Waals surface area contributed by atoms with Gasteiger partial charge in [-0.05, 0) is 46.2 Å². The fraction of sp³-hybridized carbons (Fsp3) is 0.714. The molecule has 1 aliphatic heterocycles. The van der Waals surface area contributed by atoms with Gasteiger partial charge in [-0.2, -0.15) is 5.10 Å². The van der Waals surface area contributed by atoms with Gasteiger partial charge in [0, 0.05) is 24.3 Å². The molecule has 1 aliphatic rings. The molecule has 106 valence electrons. The zero-order valence-corrected chi connectivity index (χ0v) is 12.1. The molecule has 1 atom stereocenters. The molecule has 1 unspecified atom stereocenters. The maximum Gasteiger partial charge on any atom is 0.274 e. The quantitative estimate of drug-likeness (QED) is 0.870. The molecule has 0 radical (unpaired) electrons. The van der Waals surface area contributed by atoms with E-state index in [4.69, 9.17) is 0 Å². The van der Waals surface area contributed by atoms with Crippen LogP contribution in [0.3, 0.4) is 0 Å². The van der Waals surface area contributed by atoms with Crippen LogP contribution in [0.5, 0.6) is 0 Å². The van der Waals surface area contributed by atoms with Crippen molar-refractivity contribution in [2.75, 3.05) is 13.1 Å². The van der Waals surface area contributed by atoms with Crippen molar-refractivity contribution in [3.05, 3.63) is 17.5 Å². The van der Waals surface area contributed by atoms with Gasteiger partial charge in [-0.15, -0.1) is 0 Å². The predicted octanol–water partition coefficient (Wildman–Crippen LogP) is 1.71. The lowest BCUT2D eigenvalue weighted by Gasteiger charge is -2.32. The van der Waals surface area contributed by atoms with Crippen molar-refractivity contribution in [2.24, 2.45) is 0 Å². The summed E-state index contributed by atoms with van der Waals surface area (Å²) in [5.74, 6) is 0.0201. The van der Waals surface area contributed by atoms with Crippen LogP contribution in [-0.4, -0.2) is 46.2 Å². The maximum absolute atomic E-state index is 12.5. The van der Waals surface area contributed by atoms with Gasteiger partial charge in [0.25, 0.3) is 5.91 Å². The molecule has 1 saturated heterocycles. The molecule has 0 bridgehead atoms. The normalized spacial score (nSPS) is 19.7. The second kappa shape index (κ2) is 6.19. The summed E-state index contributed by atoms with van der Waals surface area (Å²) < 4.78 is 0. The highest BCUT2D eigenvalue weighted by atomic mass is 16.2. The first-order chi connectivity index (χ1) is 9.08. The minimum atomic E-state index is 0.0201. The van der Waals surface area contributed by atoms with Crippen LogP contribution < -0.4 is 5.32 Å². The summed E-state index contributed by atoms with van der Waals surface area (Å²) in [5, 5.41) is 10.4. The molecule has 0 aliphatic carbocycles. The van der Waals surface area contributed by atoms with Crippen molar-refractivity contribution in [1.82, 2.24) is 20.4 Å². The van der Waals surface area contributed by atoms with Crippen molar-refractivity contribution in [3.8, 4) is 0 Å². The van der Waals surface area contributed by atoms with E-state index in [9.17, 15) is 4.79 Å². The molecule has 5 heteroatoms. The van der Waals surface area contributed by atoms with E-state index in [0.29, 0.717) is 11.7 Å². The minimum absolute atomic E-state index is 0.0201. The number of amides is 1. The minimum Gasteiger partial charge on any atom is -0.333 e. The molecule has 2 rings (SSSR count). The van der Waals surface area contributed by atoms with Gasteiger partial charge in [0.05, 0.1) is 0 Å². The number of H-pyrrole nitrogens is 1. The third kappa shape index (κ3) is 3.56. The molecule has 2 N–H and O–H groups in total. The molecule has 0 spiro atoms. The predicted molar refractivity (Wildman–Crippen MR) is 75.1 cm³/mol. The molecule has 5 nitrogen and oxygen atoms in total. The Morgan fingerprint density at radius 1 is 1.53 bits per heavy atom. The number of aryl methyl sites for hydroxylation is 1. The van der Waals surface area contributed by atoms with E-state index in [0.717, 1.165) is 25.2 Å². The van der Waals surface area contributed by atoms with E-state index in [2.05, 4.69) is 29.4 Å². The zero-order chi connectivity index (χ0) is 13.8. The topological polar surface area (TPSA) is 61.0 Å². The Hall–Kier alpha value is -1.36. The third-order valence-electron chi connectivity index (χ3n) is 3.64. The van der Waals surface area contributed by atoms with E-state index in [-0.39, 0.29) is 11.9 Å². The van der Waals surface area contributed by atoms with E-state index >= 15 is 0 Å². The van der Waals surface area contributed by atoms with Crippen molar-refractivity contribution in [2.45, 2.75) is 52.1 Å². The smallest absolute Gasteiger partial charge is 0.274 e. The highest BCUT2D eigenvalue weighted by Crippen LogP contribution is 2.13.